The minimum absolute atomic E-state index is 0.268. The number of nitrogens with zero attached hydrogens (tertiary/aromatic N) is 2. The van der Waals surface area contributed by atoms with E-state index >= 15 is 0 Å². The Morgan fingerprint density at radius 2 is 1.92 bits per heavy atom. The topological polar surface area (TPSA) is 79.2 Å². The quantitative estimate of drug-likeness (QED) is 0.877. The van der Waals surface area contributed by atoms with E-state index in [4.69, 9.17) is 4.74 Å². The maximum Gasteiger partial charge on any atom is 0.322 e. The van der Waals surface area contributed by atoms with E-state index in [1.54, 1.807) is 25.3 Å². The Bertz CT molecular complexity index is 830. The number of hydrogen-bond donors (Lipinski definition) is 1. The first-order valence-electron chi connectivity index (χ1n) is 7.38. The molecular weight excluding hydrogens is 308 g/mol. The molecular formula is C18H16N2O4. The molecule has 1 amide bonds. The van der Waals surface area contributed by atoms with E-state index in [0.717, 1.165) is 16.1 Å². The summed E-state index contributed by atoms with van der Waals surface area (Å²) in [5, 5.41) is 14.4. The minimum atomic E-state index is -1.23. The van der Waals surface area contributed by atoms with Crippen LogP contribution < -0.4 is 9.75 Å². The van der Waals surface area contributed by atoms with Crippen LogP contribution in [-0.4, -0.2) is 29.8 Å². The van der Waals surface area contributed by atoms with E-state index in [2.05, 4.69) is 5.10 Å². The molecule has 0 aliphatic carbocycles. The van der Waals surface area contributed by atoms with Crippen molar-refractivity contribution >= 4 is 23.3 Å². The number of hydrogen-bond acceptors (Lipinski definition) is 4. The fourth-order valence-corrected chi connectivity index (χ4v) is 2.71. The van der Waals surface area contributed by atoms with Gasteiger partial charge in [0.1, 0.15) is 5.75 Å². The average molecular weight is 324 g/mol. The second kappa shape index (κ2) is 6.16. The number of carboxylic acids is 1. The molecule has 2 aromatic carbocycles. The van der Waals surface area contributed by atoms with Crippen LogP contribution in [0.15, 0.2) is 53.6 Å². The number of amides is 1. The third-order valence-electron chi connectivity index (χ3n) is 3.89. The van der Waals surface area contributed by atoms with Crippen LogP contribution in [-0.2, 0) is 9.59 Å². The molecule has 1 aliphatic heterocycles. The molecule has 24 heavy (non-hydrogen) atoms. The highest BCUT2D eigenvalue weighted by atomic mass is 16.5. The number of hydrazone groups is 1. The Morgan fingerprint density at radius 1 is 1.21 bits per heavy atom. The third-order valence-corrected chi connectivity index (χ3v) is 3.89. The normalized spacial score (nSPS) is 16.9. The number of carboxylic acid groups (broad SMARTS) is 1. The number of rotatable bonds is 4. The number of benzene rings is 2. The van der Waals surface area contributed by atoms with Crippen LogP contribution in [0.25, 0.3) is 11.1 Å². The van der Waals surface area contributed by atoms with Crippen molar-refractivity contribution in [2.75, 3.05) is 12.1 Å². The van der Waals surface area contributed by atoms with E-state index < -0.39 is 17.8 Å². The zero-order chi connectivity index (χ0) is 17.3. The van der Waals surface area contributed by atoms with Gasteiger partial charge in [-0.25, -0.2) is 0 Å². The second-order valence-corrected chi connectivity index (χ2v) is 5.41. The summed E-state index contributed by atoms with van der Waals surface area (Å²) in [6, 6.07) is 14.8. The number of carbonyl (C=O) groups is 2. The van der Waals surface area contributed by atoms with Gasteiger partial charge >= 0.3 is 5.97 Å². The van der Waals surface area contributed by atoms with E-state index in [9.17, 15) is 14.7 Å². The highest BCUT2D eigenvalue weighted by Gasteiger charge is 2.39. The molecule has 0 saturated heterocycles. The number of ether oxygens (including phenoxy) is 1. The summed E-state index contributed by atoms with van der Waals surface area (Å²) in [7, 11) is 1.57. The van der Waals surface area contributed by atoms with Crippen LogP contribution in [0.2, 0.25) is 0 Å². The Labute approximate surface area is 139 Å². The molecule has 1 atom stereocenters. The zero-order valence-corrected chi connectivity index (χ0v) is 13.3. The summed E-state index contributed by atoms with van der Waals surface area (Å²) in [6.45, 7) is 1.54. The summed E-state index contributed by atoms with van der Waals surface area (Å²) in [6.07, 6.45) is 0. The van der Waals surface area contributed by atoms with Gasteiger partial charge < -0.3 is 9.84 Å². The molecule has 0 spiro atoms. The van der Waals surface area contributed by atoms with Gasteiger partial charge in [0.15, 0.2) is 5.92 Å². The smallest absolute Gasteiger partial charge is 0.322 e. The van der Waals surface area contributed by atoms with Gasteiger partial charge in [-0.05, 0) is 30.7 Å². The first-order chi connectivity index (χ1) is 11.5. The van der Waals surface area contributed by atoms with Crippen molar-refractivity contribution in [3.8, 4) is 16.9 Å². The lowest BCUT2D eigenvalue weighted by molar-refractivity contribution is -0.142. The standard InChI is InChI=1S/C18H16N2O4/c1-11-16(18(22)23)17(21)20(19-11)13-8-9-15(24-2)14(10-13)12-6-4-3-5-7-12/h3-10,16H,1-2H3,(H,22,23). The largest absolute Gasteiger partial charge is 0.496 e. The van der Waals surface area contributed by atoms with Gasteiger partial charge in [-0.1, -0.05) is 30.3 Å². The number of carbonyl (C=O) groups excluding carboxylic acids is 1. The lowest BCUT2D eigenvalue weighted by Crippen LogP contribution is -2.32. The van der Waals surface area contributed by atoms with Crippen LogP contribution in [0.1, 0.15) is 6.92 Å². The van der Waals surface area contributed by atoms with Gasteiger partial charge in [0.25, 0.3) is 5.91 Å². The van der Waals surface area contributed by atoms with Crippen molar-refractivity contribution in [2.24, 2.45) is 11.0 Å². The van der Waals surface area contributed by atoms with Gasteiger partial charge in [0, 0.05) is 5.56 Å². The minimum Gasteiger partial charge on any atom is -0.496 e. The van der Waals surface area contributed by atoms with Gasteiger partial charge in [-0.15, -0.1) is 0 Å². The third kappa shape index (κ3) is 2.62. The Kier molecular flexibility index (Phi) is 4.04. The molecule has 0 fully saturated rings. The molecule has 6 heteroatoms. The van der Waals surface area contributed by atoms with Crippen molar-refractivity contribution in [3.05, 3.63) is 48.5 Å². The van der Waals surface area contributed by atoms with Crippen LogP contribution in [0, 0.1) is 5.92 Å². The number of anilines is 1. The molecule has 0 aromatic heterocycles. The highest BCUT2D eigenvalue weighted by Crippen LogP contribution is 2.35. The molecule has 6 nitrogen and oxygen atoms in total. The van der Waals surface area contributed by atoms with Crippen molar-refractivity contribution < 1.29 is 19.4 Å². The predicted molar refractivity (Wildman–Crippen MR) is 90.2 cm³/mol. The highest BCUT2D eigenvalue weighted by molar-refractivity contribution is 6.25. The van der Waals surface area contributed by atoms with Crippen molar-refractivity contribution in [1.29, 1.82) is 0 Å². The predicted octanol–water partition coefficient (Wildman–Crippen LogP) is 2.79. The molecule has 1 aliphatic rings. The molecule has 1 unspecified atom stereocenters. The van der Waals surface area contributed by atoms with Crippen molar-refractivity contribution in [3.63, 3.8) is 0 Å². The van der Waals surface area contributed by atoms with Crippen LogP contribution in [0.3, 0.4) is 0 Å². The Balaban J connectivity index is 2.05. The summed E-state index contributed by atoms with van der Waals surface area (Å²) in [5.41, 5.74) is 2.50. The number of aliphatic carboxylic acids is 1. The fourth-order valence-electron chi connectivity index (χ4n) is 2.71. The van der Waals surface area contributed by atoms with Gasteiger partial charge in [-0.3, -0.25) is 9.59 Å². The molecule has 122 valence electrons. The van der Waals surface area contributed by atoms with Gasteiger partial charge in [-0.2, -0.15) is 10.1 Å². The summed E-state index contributed by atoms with van der Waals surface area (Å²) < 4.78 is 5.39. The molecule has 0 radical (unpaired) electrons. The first-order valence-corrected chi connectivity index (χ1v) is 7.38. The Morgan fingerprint density at radius 3 is 2.50 bits per heavy atom. The second-order valence-electron chi connectivity index (χ2n) is 5.41. The average Bonchev–Trinajstić information content (AvgIpc) is 2.89. The maximum absolute atomic E-state index is 12.4. The van der Waals surface area contributed by atoms with Crippen LogP contribution in [0.4, 0.5) is 5.69 Å². The monoisotopic (exact) mass is 324 g/mol. The van der Waals surface area contributed by atoms with Crippen molar-refractivity contribution in [2.45, 2.75) is 6.92 Å². The van der Waals surface area contributed by atoms with E-state index in [1.165, 1.54) is 6.92 Å². The van der Waals surface area contributed by atoms with E-state index in [1.807, 2.05) is 30.3 Å². The van der Waals surface area contributed by atoms with Gasteiger partial charge in [0.2, 0.25) is 0 Å². The lowest BCUT2D eigenvalue weighted by Gasteiger charge is -2.16. The summed E-state index contributed by atoms with van der Waals surface area (Å²) in [4.78, 5) is 23.6. The molecule has 1 heterocycles. The SMILES string of the molecule is COc1ccc(N2N=C(C)C(C(=O)O)C2=O)cc1-c1ccccc1. The van der Waals surface area contributed by atoms with E-state index in [-0.39, 0.29) is 5.71 Å². The van der Waals surface area contributed by atoms with Crippen molar-refractivity contribution in [1.82, 2.24) is 0 Å². The Hall–Kier alpha value is -3.15. The van der Waals surface area contributed by atoms with Crippen LogP contribution >= 0.6 is 0 Å². The summed E-state index contributed by atoms with van der Waals surface area (Å²) >= 11 is 0. The first kappa shape index (κ1) is 15.7. The molecule has 3 rings (SSSR count). The van der Waals surface area contributed by atoms with Gasteiger partial charge in [0.05, 0.1) is 18.5 Å². The van der Waals surface area contributed by atoms with E-state index in [0.29, 0.717) is 11.4 Å². The van der Waals surface area contributed by atoms with Crippen LogP contribution in [0.5, 0.6) is 5.75 Å². The lowest BCUT2D eigenvalue weighted by atomic mass is 10.0. The molecule has 0 saturated carbocycles. The summed E-state index contributed by atoms with van der Waals surface area (Å²) in [5.74, 6) is -2.33. The molecule has 1 N–H and O–H groups in total. The fraction of sp³-hybridized carbons (Fsp3) is 0.167. The molecule has 2 aromatic rings. The molecule has 0 bridgehead atoms. The maximum atomic E-state index is 12.4. The number of methoxy groups -OCH3 is 1. The zero-order valence-electron chi connectivity index (χ0n) is 13.3.